The molecule has 3 aromatic carbocycles. The molecule has 0 nitrogen and oxygen atoms in total. The molecule has 0 heterocycles. The van der Waals surface area contributed by atoms with Crippen molar-refractivity contribution in [2.45, 2.75) is 46.0 Å². The Hall–Kier alpha value is -2.34. The SMILES string of the molecule is Cc1ccc(Cc2ccc(C(C)c3ccc(C(C)C)cc3)cc2)cc1. The summed E-state index contributed by atoms with van der Waals surface area (Å²) >= 11 is 0. The number of hydrogen-bond acceptors (Lipinski definition) is 0. The molecule has 0 aliphatic carbocycles. The molecule has 0 fully saturated rings. The van der Waals surface area contributed by atoms with E-state index in [0.717, 1.165) is 6.42 Å². The van der Waals surface area contributed by atoms with Crippen LogP contribution in [0, 0.1) is 6.92 Å². The quantitative estimate of drug-likeness (QED) is 0.480. The van der Waals surface area contributed by atoms with Crippen LogP contribution >= 0.6 is 0 Å². The highest BCUT2D eigenvalue weighted by molar-refractivity contribution is 5.37. The molecule has 0 spiro atoms. The molecule has 0 radical (unpaired) electrons. The molecule has 0 heteroatoms. The van der Waals surface area contributed by atoms with Crippen LogP contribution in [-0.4, -0.2) is 0 Å². The molecule has 0 aliphatic rings. The molecule has 0 aromatic heterocycles. The van der Waals surface area contributed by atoms with E-state index < -0.39 is 0 Å². The van der Waals surface area contributed by atoms with Gasteiger partial charge in [-0.15, -0.1) is 0 Å². The summed E-state index contributed by atoms with van der Waals surface area (Å²) in [6, 6.07) is 27.0. The zero-order valence-electron chi connectivity index (χ0n) is 15.8. The van der Waals surface area contributed by atoms with Crippen molar-refractivity contribution in [3.05, 3.63) is 106 Å². The number of aryl methyl sites for hydroxylation is 1. The van der Waals surface area contributed by atoms with Gasteiger partial charge in [0.25, 0.3) is 0 Å². The molecule has 1 unspecified atom stereocenters. The Morgan fingerprint density at radius 2 is 0.960 bits per heavy atom. The Morgan fingerprint density at radius 3 is 1.44 bits per heavy atom. The molecule has 0 amide bonds. The molecule has 3 rings (SSSR count). The van der Waals surface area contributed by atoms with Crippen LogP contribution in [-0.2, 0) is 6.42 Å². The van der Waals surface area contributed by atoms with Crippen molar-refractivity contribution in [2.24, 2.45) is 0 Å². The van der Waals surface area contributed by atoms with Crippen molar-refractivity contribution in [1.29, 1.82) is 0 Å². The number of rotatable bonds is 5. The molecule has 0 saturated heterocycles. The van der Waals surface area contributed by atoms with Gasteiger partial charge in [0.05, 0.1) is 0 Å². The zero-order valence-corrected chi connectivity index (χ0v) is 15.8. The molecule has 25 heavy (non-hydrogen) atoms. The number of benzene rings is 3. The lowest BCUT2D eigenvalue weighted by molar-refractivity contribution is 0.859. The van der Waals surface area contributed by atoms with Crippen LogP contribution in [0.4, 0.5) is 0 Å². The summed E-state index contributed by atoms with van der Waals surface area (Å²) in [5.41, 5.74) is 8.23. The first kappa shape index (κ1) is 17.5. The first-order chi connectivity index (χ1) is 12.0. The molecule has 128 valence electrons. The third-order valence-corrected chi connectivity index (χ3v) is 5.11. The molecule has 3 aromatic rings. The highest BCUT2D eigenvalue weighted by Crippen LogP contribution is 2.26. The van der Waals surface area contributed by atoms with Gasteiger partial charge in [-0.25, -0.2) is 0 Å². The summed E-state index contributed by atoms with van der Waals surface area (Å²) < 4.78 is 0. The molecule has 0 saturated carbocycles. The predicted octanol–water partition coefficient (Wildman–Crippen LogP) is 6.86. The van der Waals surface area contributed by atoms with Crippen LogP contribution in [0.5, 0.6) is 0 Å². The van der Waals surface area contributed by atoms with E-state index in [2.05, 4.69) is 100 Å². The van der Waals surface area contributed by atoms with E-state index in [4.69, 9.17) is 0 Å². The third kappa shape index (κ3) is 4.39. The molecule has 0 bridgehead atoms. The molecular formula is C25H28. The Kier molecular flexibility index (Phi) is 5.38. The van der Waals surface area contributed by atoms with E-state index in [1.165, 1.54) is 33.4 Å². The summed E-state index contributed by atoms with van der Waals surface area (Å²) in [7, 11) is 0. The molecule has 0 N–H and O–H groups in total. The Morgan fingerprint density at radius 1 is 0.560 bits per heavy atom. The van der Waals surface area contributed by atoms with Crippen molar-refractivity contribution in [2.75, 3.05) is 0 Å². The van der Waals surface area contributed by atoms with Gasteiger partial charge >= 0.3 is 0 Å². The Bertz CT molecular complexity index is 790. The third-order valence-electron chi connectivity index (χ3n) is 5.11. The highest BCUT2D eigenvalue weighted by atomic mass is 14.1. The molecule has 1 atom stereocenters. The van der Waals surface area contributed by atoms with Crippen LogP contribution in [0.3, 0.4) is 0 Å². The summed E-state index contributed by atoms with van der Waals surface area (Å²) in [4.78, 5) is 0. The van der Waals surface area contributed by atoms with Crippen LogP contribution in [0.15, 0.2) is 72.8 Å². The number of hydrogen-bond donors (Lipinski definition) is 0. The largest absolute Gasteiger partial charge is 0.0590 e. The van der Waals surface area contributed by atoms with E-state index >= 15 is 0 Å². The van der Waals surface area contributed by atoms with Gasteiger partial charge in [-0.1, -0.05) is 99.1 Å². The monoisotopic (exact) mass is 328 g/mol. The van der Waals surface area contributed by atoms with Gasteiger partial charge in [0.15, 0.2) is 0 Å². The highest BCUT2D eigenvalue weighted by Gasteiger charge is 2.09. The van der Waals surface area contributed by atoms with Gasteiger partial charge in [-0.2, -0.15) is 0 Å². The standard InChI is InChI=1S/C25H28/c1-18(2)23-13-15-25(16-14-23)20(4)24-11-9-22(10-12-24)17-21-7-5-19(3)6-8-21/h5-16,18,20H,17H2,1-4H3. The van der Waals surface area contributed by atoms with Crippen LogP contribution in [0.2, 0.25) is 0 Å². The Labute approximate surface area is 152 Å². The second kappa shape index (κ2) is 7.70. The fourth-order valence-corrected chi connectivity index (χ4v) is 3.23. The van der Waals surface area contributed by atoms with Gasteiger partial charge in [-0.05, 0) is 47.1 Å². The lowest BCUT2D eigenvalue weighted by Crippen LogP contribution is -1.98. The van der Waals surface area contributed by atoms with Crippen molar-refractivity contribution in [3.8, 4) is 0 Å². The van der Waals surface area contributed by atoms with Crippen LogP contribution in [0.1, 0.15) is 66.0 Å². The summed E-state index contributed by atoms with van der Waals surface area (Å²) in [5, 5.41) is 0. The van der Waals surface area contributed by atoms with E-state index in [9.17, 15) is 0 Å². The second-order valence-corrected chi connectivity index (χ2v) is 7.45. The van der Waals surface area contributed by atoms with Crippen molar-refractivity contribution in [1.82, 2.24) is 0 Å². The van der Waals surface area contributed by atoms with Crippen molar-refractivity contribution >= 4 is 0 Å². The maximum atomic E-state index is 2.29. The van der Waals surface area contributed by atoms with E-state index in [-0.39, 0.29) is 0 Å². The van der Waals surface area contributed by atoms with Gasteiger partial charge in [0.1, 0.15) is 0 Å². The first-order valence-corrected chi connectivity index (χ1v) is 9.27. The summed E-state index contributed by atoms with van der Waals surface area (Å²) in [5.74, 6) is 1.01. The molecule has 0 aliphatic heterocycles. The maximum Gasteiger partial charge on any atom is 0.00610 e. The fraction of sp³-hybridized carbons (Fsp3) is 0.280. The van der Waals surface area contributed by atoms with Gasteiger partial charge < -0.3 is 0 Å². The minimum absolute atomic E-state index is 0.426. The first-order valence-electron chi connectivity index (χ1n) is 9.27. The van der Waals surface area contributed by atoms with Gasteiger partial charge in [0.2, 0.25) is 0 Å². The minimum Gasteiger partial charge on any atom is -0.0590 e. The van der Waals surface area contributed by atoms with E-state index in [1.807, 2.05) is 0 Å². The second-order valence-electron chi connectivity index (χ2n) is 7.45. The summed E-state index contributed by atoms with van der Waals surface area (Å²) in [6.45, 7) is 8.91. The maximum absolute atomic E-state index is 2.29. The van der Waals surface area contributed by atoms with Crippen LogP contribution < -0.4 is 0 Å². The average molecular weight is 328 g/mol. The van der Waals surface area contributed by atoms with Gasteiger partial charge in [0, 0.05) is 5.92 Å². The zero-order chi connectivity index (χ0) is 17.8. The lowest BCUT2D eigenvalue weighted by atomic mass is 9.90. The Balaban J connectivity index is 1.71. The lowest BCUT2D eigenvalue weighted by Gasteiger charge is -2.15. The van der Waals surface area contributed by atoms with Crippen molar-refractivity contribution in [3.63, 3.8) is 0 Å². The van der Waals surface area contributed by atoms with Crippen LogP contribution in [0.25, 0.3) is 0 Å². The van der Waals surface area contributed by atoms with E-state index in [1.54, 1.807) is 0 Å². The normalized spacial score (nSPS) is 12.4. The minimum atomic E-state index is 0.426. The smallest absolute Gasteiger partial charge is 0.00610 e. The summed E-state index contributed by atoms with van der Waals surface area (Å²) in [6.07, 6.45) is 0.998. The van der Waals surface area contributed by atoms with Gasteiger partial charge in [-0.3, -0.25) is 0 Å². The van der Waals surface area contributed by atoms with E-state index in [0.29, 0.717) is 11.8 Å². The predicted molar refractivity (Wildman–Crippen MR) is 108 cm³/mol. The van der Waals surface area contributed by atoms with Crippen molar-refractivity contribution < 1.29 is 0 Å². The average Bonchev–Trinajstić information content (AvgIpc) is 2.64. The molecular weight excluding hydrogens is 300 g/mol. The fourth-order valence-electron chi connectivity index (χ4n) is 3.23. The topological polar surface area (TPSA) is 0 Å².